The van der Waals surface area contributed by atoms with E-state index >= 15 is 0 Å². The molecule has 0 aliphatic heterocycles. The molecule has 0 bridgehead atoms. The summed E-state index contributed by atoms with van der Waals surface area (Å²) in [6.45, 7) is 7.78. The summed E-state index contributed by atoms with van der Waals surface area (Å²) in [4.78, 5) is 0. The van der Waals surface area contributed by atoms with E-state index in [2.05, 4.69) is 31.7 Å². The van der Waals surface area contributed by atoms with Gasteiger partial charge in [0.05, 0.1) is 0 Å². The molecule has 0 amide bonds. The van der Waals surface area contributed by atoms with Crippen molar-refractivity contribution in [2.24, 2.45) is 0 Å². The van der Waals surface area contributed by atoms with E-state index in [0.29, 0.717) is 12.1 Å². The molecule has 0 aromatic carbocycles. The van der Waals surface area contributed by atoms with Crippen molar-refractivity contribution < 1.29 is 0 Å². The van der Waals surface area contributed by atoms with Crippen LogP contribution in [-0.4, -0.2) is 12.1 Å². The van der Waals surface area contributed by atoms with Crippen LogP contribution in [0.1, 0.15) is 20.3 Å². The summed E-state index contributed by atoms with van der Waals surface area (Å²) in [6.07, 6.45) is 7.77. The summed E-state index contributed by atoms with van der Waals surface area (Å²) in [5.41, 5.74) is 0. The molecule has 0 saturated heterocycles. The highest BCUT2D eigenvalue weighted by Gasteiger charge is 2.00. The molecule has 1 nitrogen and oxygen atoms in total. The molecule has 0 fully saturated rings. The normalized spacial score (nSPS) is 15.3. The summed E-state index contributed by atoms with van der Waals surface area (Å²) in [5.74, 6) is 2.60. The lowest BCUT2D eigenvalue weighted by Crippen LogP contribution is -2.32. The molecular weight excluding hydrogens is 122 g/mol. The van der Waals surface area contributed by atoms with E-state index in [4.69, 9.17) is 6.42 Å². The number of nitrogens with one attached hydrogen (secondary N) is 1. The Labute approximate surface area is 63.5 Å². The van der Waals surface area contributed by atoms with Crippen molar-refractivity contribution in [1.29, 1.82) is 0 Å². The van der Waals surface area contributed by atoms with Gasteiger partial charge in [0, 0.05) is 18.5 Å². The predicted octanol–water partition coefficient (Wildman–Crippen LogP) is 1.56. The van der Waals surface area contributed by atoms with Gasteiger partial charge in [0.15, 0.2) is 0 Å². The first kappa shape index (κ1) is 9.26. The fourth-order valence-corrected chi connectivity index (χ4v) is 0.753. The number of hydrogen-bond acceptors (Lipinski definition) is 1. The van der Waals surface area contributed by atoms with Crippen molar-refractivity contribution in [2.75, 3.05) is 0 Å². The van der Waals surface area contributed by atoms with Gasteiger partial charge in [-0.1, -0.05) is 6.08 Å². The Balaban J connectivity index is 3.48. The average Bonchev–Trinajstić information content (AvgIpc) is 1.88. The first-order chi connectivity index (χ1) is 4.70. The smallest absolute Gasteiger partial charge is 0.0238 e. The molecule has 2 atom stereocenters. The summed E-state index contributed by atoms with van der Waals surface area (Å²) in [7, 11) is 0. The maximum absolute atomic E-state index is 5.13. The van der Waals surface area contributed by atoms with Crippen LogP contribution in [0.15, 0.2) is 12.7 Å². The van der Waals surface area contributed by atoms with E-state index in [1.807, 2.05) is 6.08 Å². The zero-order valence-electron chi connectivity index (χ0n) is 6.72. The first-order valence-corrected chi connectivity index (χ1v) is 3.52. The first-order valence-electron chi connectivity index (χ1n) is 3.52. The standard InChI is InChI=1S/C9H15N/c1-5-7-9(4)10-8(3)6-2/h1,6,8-10H,2,7H2,3-4H3. The van der Waals surface area contributed by atoms with Crippen LogP contribution in [0.5, 0.6) is 0 Å². The Morgan fingerprint density at radius 2 is 2.30 bits per heavy atom. The molecule has 56 valence electrons. The maximum Gasteiger partial charge on any atom is 0.0238 e. The lowest BCUT2D eigenvalue weighted by molar-refractivity contribution is 0.525. The van der Waals surface area contributed by atoms with Gasteiger partial charge in [0.1, 0.15) is 0 Å². The summed E-state index contributed by atoms with van der Waals surface area (Å²) >= 11 is 0. The molecule has 0 spiro atoms. The summed E-state index contributed by atoms with van der Waals surface area (Å²) in [6, 6.07) is 0.737. The Morgan fingerprint density at radius 3 is 2.70 bits per heavy atom. The second kappa shape index (κ2) is 5.08. The molecule has 10 heavy (non-hydrogen) atoms. The van der Waals surface area contributed by atoms with Gasteiger partial charge in [-0.3, -0.25) is 0 Å². The van der Waals surface area contributed by atoms with Gasteiger partial charge in [-0.25, -0.2) is 0 Å². The Kier molecular flexibility index (Phi) is 4.70. The van der Waals surface area contributed by atoms with E-state index in [0.717, 1.165) is 6.42 Å². The third-order valence-corrected chi connectivity index (χ3v) is 1.33. The van der Waals surface area contributed by atoms with Crippen LogP contribution < -0.4 is 5.32 Å². The maximum atomic E-state index is 5.13. The quantitative estimate of drug-likeness (QED) is 0.458. The second-order valence-electron chi connectivity index (χ2n) is 2.50. The number of rotatable bonds is 4. The van der Waals surface area contributed by atoms with Gasteiger partial charge >= 0.3 is 0 Å². The van der Waals surface area contributed by atoms with E-state index < -0.39 is 0 Å². The lowest BCUT2D eigenvalue weighted by Gasteiger charge is -2.14. The molecule has 0 saturated carbocycles. The van der Waals surface area contributed by atoms with Crippen molar-refractivity contribution in [3.05, 3.63) is 12.7 Å². The van der Waals surface area contributed by atoms with Crippen LogP contribution in [0.2, 0.25) is 0 Å². The molecule has 0 aliphatic rings. The van der Waals surface area contributed by atoms with Crippen molar-refractivity contribution in [2.45, 2.75) is 32.4 Å². The average molecular weight is 137 g/mol. The molecule has 0 aromatic rings. The third kappa shape index (κ3) is 4.17. The molecule has 0 rings (SSSR count). The van der Waals surface area contributed by atoms with E-state index in [9.17, 15) is 0 Å². The van der Waals surface area contributed by atoms with Crippen LogP contribution in [0.3, 0.4) is 0 Å². The van der Waals surface area contributed by atoms with Gasteiger partial charge in [0.25, 0.3) is 0 Å². The molecular formula is C9H15N. The Morgan fingerprint density at radius 1 is 1.70 bits per heavy atom. The summed E-state index contributed by atoms with van der Waals surface area (Å²) in [5, 5.41) is 3.27. The van der Waals surface area contributed by atoms with E-state index in [-0.39, 0.29) is 0 Å². The Hall–Kier alpha value is -0.740. The van der Waals surface area contributed by atoms with Gasteiger partial charge in [0.2, 0.25) is 0 Å². The fourth-order valence-electron chi connectivity index (χ4n) is 0.753. The van der Waals surface area contributed by atoms with Crippen LogP contribution in [0.4, 0.5) is 0 Å². The van der Waals surface area contributed by atoms with Crippen LogP contribution in [-0.2, 0) is 0 Å². The van der Waals surface area contributed by atoms with Crippen LogP contribution in [0, 0.1) is 12.3 Å². The SMILES string of the molecule is C#CCC(C)NC(C)C=C. The molecule has 1 heteroatoms. The number of terminal acetylenes is 1. The van der Waals surface area contributed by atoms with Crippen molar-refractivity contribution >= 4 is 0 Å². The molecule has 0 aliphatic carbocycles. The minimum absolute atomic E-state index is 0.350. The van der Waals surface area contributed by atoms with Crippen LogP contribution >= 0.6 is 0 Å². The van der Waals surface area contributed by atoms with Gasteiger partial charge in [-0.05, 0) is 13.8 Å². The van der Waals surface area contributed by atoms with E-state index in [1.54, 1.807) is 0 Å². The minimum Gasteiger partial charge on any atom is -0.307 e. The highest BCUT2D eigenvalue weighted by molar-refractivity contribution is 4.91. The molecule has 1 N–H and O–H groups in total. The molecule has 0 radical (unpaired) electrons. The van der Waals surface area contributed by atoms with Gasteiger partial charge < -0.3 is 5.32 Å². The number of hydrogen-bond donors (Lipinski definition) is 1. The fraction of sp³-hybridized carbons (Fsp3) is 0.556. The van der Waals surface area contributed by atoms with Crippen molar-refractivity contribution in [1.82, 2.24) is 5.32 Å². The van der Waals surface area contributed by atoms with Crippen molar-refractivity contribution in [3.63, 3.8) is 0 Å². The second-order valence-corrected chi connectivity index (χ2v) is 2.50. The minimum atomic E-state index is 0.350. The molecule has 2 unspecified atom stereocenters. The predicted molar refractivity (Wildman–Crippen MR) is 45.7 cm³/mol. The monoisotopic (exact) mass is 137 g/mol. The zero-order chi connectivity index (χ0) is 7.98. The van der Waals surface area contributed by atoms with E-state index in [1.165, 1.54) is 0 Å². The molecule has 0 heterocycles. The lowest BCUT2D eigenvalue weighted by atomic mass is 10.2. The third-order valence-electron chi connectivity index (χ3n) is 1.33. The van der Waals surface area contributed by atoms with Gasteiger partial charge in [-0.15, -0.1) is 18.9 Å². The highest BCUT2D eigenvalue weighted by Crippen LogP contribution is 1.91. The topological polar surface area (TPSA) is 12.0 Å². The molecule has 0 aromatic heterocycles. The van der Waals surface area contributed by atoms with Gasteiger partial charge in [-0.2, -0.15) is 0 Å². The van der Waals surface area contributed by atoms with Crippen LogP contribution in [0.25, 0.3) is 0 Å². The highest BCUT2D eigenvalue weighted by atomic mass is 14.9. The summed E-state index contributed by atoms with van der Waals surface area (Å²) < 4.78 is 0. The van der Waals surface area contributed by atoms with Crippen molar-refractivity contribution in [3.8, 4) is 12.3 Å². The largest absolute Gasteiger partial charge is 0.307 e. The Bertz CT molecular complexity index is 132. The zero-order valence-corrected chi connectivity index (χ0v) is 6.72.